The number of nitrogens with zero attached hydrogens (tertiary/aromatic N) is 3. The Hall–Kier alpha value is -1.10. The zero-order valence-corrected chi connectivity index (χ0v) is 10.1. The number of halogens is 2. The predicted molar refractivity (Wildman–Crippen MR) is 64.0 cm³/mol. The fraction of sp³-hybridized carbons (Fsp3) is 0.200. The number of nitrogens with two attached hydrogens (primary N) is 1. The minimum absolute atomic E-state index is 0.361. The van der Waals surface area contributed by atoms with Crippen LogP contribution in [-0.2, 0) is 6.54 Å². The van der Waals surface area contributed by atoms with Crippen LogP contribution in [0.2, 0.25) is 10.0 Å². The van der Waals surface area contributed by atoms with Gasteiger partial charge < -0.3 is 5.73 Å². The predicted octanol–water partition coefficient (Wildman–Crippen LogP) is 2.34. The van der Waals surface area contributed by atoms with Crippen molar-refractivity contribution in [2.75, 3.05) is 0 Å². The molecule has 1 aromatic carbocycles. The quantitative estimate of drug-likeness (QED) is 0.898. The van der Waals surface area contributed by atoms with Gasteiger partial charge in [-0.3, -0.25) is 0 Å². The van der Waals surface area contributed by atoms with Crippen LogP contribution in [0.15, 0.2) is 18.2 Å². The smallest absolute Gasteiger partial charge is 0.0996 e. The summed E-state index contributed by atoms with van der Waals surface area (Å²) in [6.07, 6.45) is 0. The SMILES string of the molecule is Cc1c(CN)nnn1-c1cc(Cl)cc(Cl)c1. The van der Waals surface area contributed by atoms with E-state index in [9.17, 15) is 0 Å². The van der Waals surface area contributed by atoms with Crippen molar-refractivity contribution in [2.45, 2.75) is 13.5 Å². The molecule has 0 unspecified atom stereocenters. The van der Waals surface area contributed by atoms with Crippen molar-refractivity contribution in [2.24, 2.45) is 5.73 Å². The van der Waals surface area contributed by atoms with E-state index in [2.05, 4.69) is 10.3 Å². The molecule has 0 saturated heterocycles. The van der Waals surface area contributed by atoms with Crippen molar-refractivity contribution in [3.05, 3.63) is 39.6 Å². The summed E-state index contributed by atoms with van der Waals surface area (Å²) in [6, 6.07) is 5.22. The highest BCUT2D eigenvalue weighted by atomic mass is 35.5. The van der Waals surface area contributed by atoms with Crippen LogP contribution in [-0.4, -0.2) is 15.0 Å². The normalized spacial score (nSPS) is 10.8. The van der Waals surface area contributed by atoms with Crippen LogP contribution in [0.4, 0.5) is 0 Å². The van der Waals surface area contributed by atoms with Gasteiger partial charge in [-0.1, -0.05) is 28.4 Å². The summed E-state index contributed by atoms with van der Waals surface area (Å²) in [7, 11) is 0. The van der Waals surface area contributed by atoms with E-state index in [1.165, 1.54) is 0 Å². The molecule has 0 saturated carbocycles. The van der Waals surface area contributed by atoms with Crippen molar-refractivity contribution in [1.82, 2.24) is 15.0 Å². The van der Waals surface area contributed by atoms with Gasteiger partial charge in [-0.2, -0.15) is 0 Å². The first-order chi connectivity index (χ1) is 7.61. The number of hydrogen-bond acceptors (Lipinski definition) is 3. The fourth-order valence-electron chi connectivity index (χ4n) is 1.46. The zero-order valence-electron chi connectivity index (χ0n) is 8.61. The maximum atomic E-state index is 5.92. The first-order valence-electron chi connectivity index (χ1n) is 4.69. The monoisotopic (exact) mass is 256 g/mol. The second-order valence-corrected chi connectivity index (χ2v) is 4.24. The summed E-state index contributed by atoms with van der Waals surface area (Å²) in [4.78, 5) is 0. The topological polar surface area (TPSA) is 56.7 Å². The molecule has 2 rings (SSSR count). The van der Waals surface area contributed by atoms with Crippen LogP contribution in [0.25, 0.3) is 5.69 Å². The van der Waals surface area contributed by atoms with E-state index in [4.69, 9.17) is 28.9 Å². The largest absolute Gasteiger partial charge is 0.325 e. The average Bonchev–Trinajstić information content (AvgIpc) is 2.58. The van der Waals surface area contributed by atoms with Crippen molar-refractivity contribution in [3.63, 3.8) is 0 Å². The molecule has 2 N–H and O–H groups in total. The molecular formula is C10H10Cl2N4. The molecule has 4 nitrogen and oxygen atoms in total. The zero-order chi connectivity index (χ0) is 11.7. The summed E-state index contributed by atoms with van der Waals surface area (Å²) in [5.41, 5.74) is 7.96. The Balaban J connectivity index is 2.54. The number of hydrogen-bond donors (Lipinski definition) is 1. The molecule has 0 aliphatic heterocycles. The highest BCUT2D eigenvalue weighted by molar-refractivity contribution is 6.34. The van der Waals surface area contributed by atoms with Crippen LogP contribution in [0.3, 0.4) is 0 Å². The Morgan fingerprint density at radius 1 is 1.25 bits per heavy atom. The Morgan fingerprint density at radius 3 is 2.38 bits per heavy atom. The van der Waals surface area contributed by atoms with Crippen molar-refractivity contribution in [1.29, 1.82) is 0 Å². The van der Waals surface area contributed by atoms with E-state index in [1.807, 2.05) is 6.92 Å². The highest BCUT2D eigenvalue weighted by Gasteiger charge is 2.09. The van der Waals surface area contributed by atoms with Gasteiger partial charge in [0.05, 0.1) is 17.1 Å². The Bertz CT molecular complexity index is 501. The molecule has 6 heteroatoms. The first kappa shape index (κ1) is 11.4. The van der Waals surface area contributed by atoms with E-state index in [0.29, 0.717) is 16.6 Å². The van der Waals surface area contributed by atoms with E-state index >= 15 is 0 Å². The lowest BCUT2D eigenvalue weighted by atomic mass is 10.3. The van der Waals surface area contributed by atoms with Crippen LogP contribution >= 0.6 is 23.2 Å². The first-order valence-corrected chi connectivity index (χ1v) is 5.45. The van der Waals surface area contributed by atoms with E-state index < -0.39 is 0 Å². The third kappa shape index (κ3) is 2.04. The van der Waals surface area contributed by atoms with Gasteiger partial charge in [0.15, 0.2) is 0 Å². The molecule has 0 spiro atoms. The molecule has 0 atom stereocenters. The fourth-order valence-corrected chi connectivity index (χ4v) is 1.97. The van der Waals surface area contributed by atoms with Crippen LogP contribution in [0, 0.1) is 6.92 Å². The minimum Gasteiger partial charge on any atom is -0.325 e. The molecule has 1 aromatic heterocycles. The lowest BCUT2D eigenvalue weighted by Crippen LogP contribution is -2.02. The van der Waals surface area contributed by atoms with Crippen LogP contribution < -0.4 is 5.73 Å². The van der Waals surface area contributed by atoms with Gasteiger partial charge in [0, 0.05) is 16.6 Å². The van der Waals surface area contributed by atoms with Crippen molar-refractivity contribution >= 4 is 23.2 Å². The van der Waals surface area contributed by atoms with Gasteiger partial charge in [0.1, 0.15) is 0 Å². The van der Waals surface area contributed by atoms with Gasteiger partial charge in [-0.05, 0) is 25.1 Å². The molecule has 0 bridgehead atoms. The highest BCUT2D eigenvalue weighted by Crippen LogP contribution is 2.22. The van der Waals surface area contributed by atoms with Crippen LogP contribution in [0.5, 0.6) is 0 Å². The lowest BCUT2D eigenvalue weighted by molar-refractivity contribution is 0.783. The standard InChI is InChI=1S/C10H10Cl2N4/c1-6-10(5-13)14-15-16(6)9-3-7(11)2-8(12)4-9/h2-4H,5,13H2,1H3. The summed E-state index contributed by atoms with van der Waals surface area (Å²) < 4.78 is 1.67. The van der Waals surface area contributed by atoms with E-state index in [1.54, 1.807) is 22.9 Å². The molecule has 2 aromatic rings. The molecular weight excluding hydrogens is 247 g/mol. The van der Waals surface area contributed by atoms with Crippen molar-refractivity contribution < 1.29 is 0 Å². The number of rotatable bonds is 2. The second-order valence-electron chi connectivity index (χ2n) is 3.37. The molecule has 16 heavy (non-hydrogen) atoms. The summed E-state index contributed by atoms with van der Waals surface area (Å²) in [6.45, 7) is 2.26. The molecule has 0 fully saturated rings. The van der Waals surface area contributed by atoms with E-state index in [0.717, 1.165) is 17.1 Å². The molecule has 0 aliphatic carbocycles. The molecule has 0 amide bonds. The maximum absolute atomic E-state index is 5.92. The molecule has 1 heterocycles. The van der Waals surface area contributed by atoms with Gasteiger partial charge in [0.2, 0.25) is 0 Å². The Labute approximate surface area is 103 Å². The third-order valence-corrected chi connectivity index (χ3v) is 2.71. The van der Waals surface area contributed by atoms with Crippen LogP contribution in [0.1, 0.15) is 11.4 Å². The van der Waals surface area contributed by atoms with E-state index in [-0.39, 0.29) is 0 Å². The van der Waals surface area contributed by atoms with Crippen molar-refractivity contribution in [3.8, 4) is 5.69 Å². The molecule has 0 aliphatic rings. The number of aromatic nitrogens is 3. The minimum atomic E-state index is 0.361. The second kappa shape index (κ2) is 4.41. The number of benzene rings is 1. The summed E-state index contributed by atoms with van der Waals surface area (Å²) >= 11 is 11.8. The average molecular weight is 257 g/mol. The maximum Gasteiger partial charge on any atom is 0.0996 e. The van der Waals surface area contributed by atoms with Gasteiger partial charge >= 0.3 is 0 Å². The lowest BCUT2D eigenvalue weighted by Gasteiger charge is -2.04. The summed E-state index contributed by atoms with van der Waals surface area (Å²) in [5, 5.41) is 9.10. The summed E-state index contributed by atoms with van der Waals surface area (Å²) in [5.74, 6) is 0. The van der Waals surface area contributed by atoms with Gasteiger partial charge in [-0.15, -0.1) is 5.10 Å². The molecule has 0 radical (unpaired) electrons. The third-order valence-electron chi connectivity index (χ3n) is 2.28. The van der Waals surface area contributed by atoms with Gasteiger partial charge in [0.25, 0.3) is 0 Å². The Morgan fingerprint density at radius 2 is 1.88 bits per heavy atom. The molecule has 84 valence electrons. The Kier molecular flexibility index (Phi) is 3.14. The van der Waals surface area contributed by atoms with Gasteiger partial charge in [-0.25, -0.2) is 4.68 Å².